The van der Waals surface area contributed by atoms with E-state index in [9.17, 15) is 0 Å². The first-order valence-corrected chi connectivity index (χ1v) is 9.81. The lowest BCUT2D eigenvalue weighted by Gasteiger charge is -2.10. The van der Waals surface area contributed by atoms with Crippen molar-refractivity contribution in [1.29, 1.82) is 0 Å². The second-order valence-corrected chi connectivity index (χ2v) is 6.86. The molecule has 0 fully saturated rings. The van der Waals surface area contributed by atoms with Crippen LogP contribution in [0.1, 0.15) is 25.0 Å². The number of benzene rings is 3. The molecule has 0 aromatic heterocycles. The van der Waals surface area contributed by atoms with Gasteiger partial charge < -0.3 is 19.7 Å². The Morgan fingerprint density at radius 1 is 0.567 bits per heavy atom. The van der Waals surface area contributed by atoms with Crippen LogP contribution in [0.25, 0.3) is 11.1 Å². The first kappa shape index (κ1) is 21.4. The Bertz CT molecular complexity index is 914. The fourth-order valence-corrected chi connectivity index (χ4v) is 2.93. The minimum Gasteiger partial charge on any atom is -0.457 e. The number of hydrogen-bond donors (Lipinski definition) is 2. The topological polar surface area (TPSA) is 58.9 Å². The van der Waals surface area contributed by atoms with E-state index in [2.05, 4.69) is 0 Å². The second-order valence-electron chi connectivity index (χ2n) is 6.86. The van der Waals surface area contributed by atoms with E-state index in [0.717, 1.165) is 45.3 Å². The van der Waals surface area contributed by atoms with Gasteiger partial charge in [0.1, 0.15) is 23.0 Å². The number of allylic oxidation sites excluding steroid dienone is 2. The second kappa shape index (κ2) is 10.4. The first-order valence-electron chi connectivity index (χ1n) is 9.81. The summed E-state index contributed by atoms with van der Waals surface area (Å²) in [4.78, 5) is 0. The van der Waals surface area contributed by atoms with Gasteiger partial charge in [-0.25, -0.2) is 0 Å². The number of aliphatic hydroxyl groups excluding tert-OH is 2. The van der Waals surface area contributed by atoms with Crippen molar-refractivity contribution < 1.29 is 19.7 Å². The Balaban J connectivity index is 1.61. The van der Waals surface area contributed by atoms with Gasteiger partial charge >= 0.3 is 0 Å². The average molecular weight is 402 g/mol. The largest absolute Gasteiger partial charge is 0.457 e. The Morgan fingerprint density at radius 3 is 1.10 bits per heavy atom. The quantitative estimate of drug-likeness (QED) is 0.481. The van der Waals surface area contributed by atoms with Gasteiger partial charge in [0.05, 0.1) is 13.2 Å². The predicted octanol–water partition coefficient (Wildman–Crippen LogP) is 6.06. The van der Waals surface area contributed by atoms with Crippen LogP contribution in [0.5, 0.6) is 23.0 Å². The summed E-state index contributed by atoms with van der Waals surface area (Å²) in [6, 6.07) is 22.9. The molecular weight excluding hydrogens is 376 g/mol. The third-order valence-corrected chi connectivity index (χ3v) is 4.71. The van der Waals surface area contributed by atoms with E-state index in [-0.39, 0.29) is 13.2 Å². The molecule has 0 aliphatic heterocycles. The van der Waals surface area contributed by atoms with Gasteiger partial charge in [0, 0.05) is 0 Å². The smallest absolute Gasteiger partial charge is 0.127 e. The van der Waals surface area contributed by atoms with Gasteiger partial charge in [-0.3, -0.25) is 0 Å². The molecule has 0 atom stereocenters. The van der Waals surface area contributed by atoms with Crippen molar-refractivity contribution in [3.05, 3.63) is 96.1 Å². The van der Waals surface area contributed by atoms with Crippen molar-refractivity contribution in [3.8, 4) is 23.0 Å². The summed E-state index contributed by atoms with van der Waals surface area (Å²) in [5, 5.41) is 18.0. The number of hydrogen-bond acceptors (Lipinski definition) is 4. The lowest BCUT2D eigenvalue weighted by molar-refractivity contribution is 0.343. The molecule has 4 nitrogen and oxygen atoms in total. The molecule has 3 aromatic rings. The minimum atomic E-state index is 0.0308. The highest BCUT2D eigenvalue weighted by atomic mass is 16.5. The highest BCUT2D eigenvalue weighted by Crippen LogP contribution is 2.28. The molecule has 3 aromatic carbocycles. The van der Waals surface area contributed by atoms with Crippen LogP contribution in [0.15, 0.2) is 84.9 Å². The summed E-state index contributed by atoms with van der Waals surface area (Å²) in [7, 11) is 0. The van der Waals surface area contributed by atoms with Crippen molar-refractivity contribution in [3.63, 3.8) is 0 Å². The van der Waals surface area contributed by atoms with Crippen molar-refractivity contribution in [2.24, 2.45) is 0 Å². The Kier molecular flexibility index (Phi) is 7.44. The normalized spacial score (nSPS) is 12.0. The molecule has 0 saturated heterocycles. The number of rotatable bonds is 8. The van der Waals surface area contributed by atoms with E-state index in [1.807, 2.05) is 86.6 Å². The van der Waals surface area contributed by atoms with Crippen LogP contribution in [0.4, 0.5) is 0 Å². The summed E-state index contributed by atoms with van der Waals surface area (Å²) in [5.41, 5.74) is 4.15. The van der Waals surface area contributed by atoms with Gasteiger partial charge in [0.15, 0.2) is 0 Å². The van der Waals surface area contributed by atoms with E-state index in [1.54, 1.807) is 12.2 Å². The van der Waals surface area contributed by atoms with Gasteiger partial charge in [-0.1, -0.05) is 36.4 Å². The van der Waals surface area contributed by atoms with Crippen LogP contribution in [0, 0.1) is 0 Å². The standard InChI is InChI=1S/C26H26O4/c1-19(15-17-27)21-3-7-23(8-4-21)29-25-11-13-26(14-12-25)30-24-9-5-22(6-10-24)20(2)16-18-28/h3-16,27-28H,17-18H2,1-2H3. The molecule has 0 saturated carbocycles. The van der Waals surface area contributed by atoms with Crippen LogP contribution < -0.4 is 9.47 Å². The van der Waals surface area contributed by atoms with Crippen molar-refractivity contribution >= 4 is 11.1 Å². The zero-order valence-corrected chi connectivity index (χ0v) is 17.2. The lowest BCUT2D eigenvalue weighted by atomic mass is 10.1. The van der Waals surface area contributed by atoms with Gasteiger partial charge in [0.2, 0.25) is 0 Å². The molecule has 30 heavy (non-hydrogen) atoms. The first-order chi connectivity index (χ1) is 14.6. The summed E-state index contributed by atoms with van der Waals surface area (Å²) in [5.74, 6) is 2.92. The summed E-state index contributed by atoms with van der Waals surface area (Å²) in [6.45, 7) is 3.99. The van der Waals surface area contributed by atoms with Crippen molar-refractivity contribution in [2.45, 2.75) is 13.8 Å². The highest BCUT2D eigenvalue weighted by molar-refractivity contribution is 5.65. The molecule has 0 radical (unpaired) electrons. The van der Waals surface area contributed by atoms with E-state index < -0.39 is 0 Å². The van der Waals surface area contributed by atoms with E-state index >= 15 is 0 Å². The molecule has 0 aliphatic carbocycles. The van der Waals surface area contributed by atoms with Crippen LogP contribution in [0.3, 0.4) is 0 Å². The fraction of sp³-hybridized carbons (Fsp3) is 0.154. The fourth-order valence-electron chi connectivity index (χ4n) is 2.93. The monoisotopic (exact) mass is 402 g/mol. The third kappa shape index (κ3) is 5.83. The SMILES string of the molecule is CC(=CCO)c1ccc(Oc2ccc(Oc3ccc(C(C)=CCO)cc3)cc2)cc1. The molecule has 0 aliphatic rings. The highest BCUT2D eigenvalue weighted by Gasteiger charge is 2.03. The minimum absolute atomic E-state index is 0.0308. The Labute approximate surface area is 177 Å². The van der Waals surface area contributed by atoms with Gasteiger partial charge in [0.25, 0.3) is 0 Å². The van der Waals surface area contributed by atoms with Crippen LogP contribution in [-0.2, 0) is 0 Å². The van der Waals surface area contributed by atoms with E-state index in [4.69, 9.17) is 19.7 Å². The van der Waals surface area contributed by atoms with Crippen molar-refractivity contribution in [2.75, 3.05) is 13.2 Å². The molecular formula is C26H26O4. The van der Waals surface area contributed by atoms with Crippen molar-refractivity contribution in [1.82, 2.24) is 0 Å². The van der Waals surface area contributed by atoms with Crippen LogP contribution in [-0.4, -0.2) is 23.4 Å². The molecule has 0 bridgehead atoms. The maximum atomic E-state index is 8.99. The van der Waals surface area contributed by atoms with Crippen LogP contribution >= 0.6 is 0 Å². The summed E-state index contributed by atoms with van der Waals surface area (Å²) >= 11 is 0. The summed E-state index contributed by atoms with van der Waals surface area (Å²) in [6.07, 6.45) is 3.55. The maximum Gasteiger partial charge on any atom is 0.127 e. The Morgan fingerprint density at radius 2 is 0.833 bits per heavy atom. The van der Waals surface area contributed by atoms with Gasteiger partial charge in [-0.05, 0) is 84.7 Å². The molecule has 0 spiro atoms. The molecule has 154 valence electrons. The van der Waals surface area contributed by atoms with E-state index in [1.165, 1.54) is 0 Å². The number of ether oxygens (including phenoxy) is 2. The van der Waals surface area contributed by atoms with E-state index in [0.29, 0.717) is 0 Å². The zero-order chi connectivity index (χ0) is 21.3. The van der Waals surface area contributed by atoms with Crippen LogP contribution in [0.2, 0.25) is 0 Å². The summed E-state index contributed by atoms with van der Waals surface area (Å²) < 4.78 is 11.8. The van der Waals surface area contributed by atoms with Gasteiger partial charge in [-0.15, -0.1) is 0 Å². The molecule has 0 heterocycles. The third-order valence-electron chi connectivity index (χ3n) is 4.71. The maximum absolute atomic E-state index is 8.99. The average Bonchev–Trinajstić information content (AvgIpc) is 2.76. The lowest BCUT2D eigenvalue weighted by Crippen LogP contribution is -1.88. The molecule has 2 N–H and O–H groups in total. The molecule has 0 amide bonds. The Hall–Kier alpha value is -3.34. The van der Waals surface area contributed by atoms with Gasteiger partial charge in [-0.2, -0.15) is 0 Å². The number of aliphatic hydroxyl groups is 2. The molecule has 3 rings (SSSR count). The molecule has 0 unspecified atom stereocenters. The molecule has 4 heteroatoms. The zero-order valence-electron chi connectivity index (χ0n) is 17.2. The predicted molar refractivity (Wildman–Crippen MR) is 121 cm³/mol.